The van der Waals surface area contributed by atoms with Crippen molar-refractivity contribution in [2.45, 2.75) is 65.5 Å². The van der Waals surface area contributed by atoms with Gasteiger partial charge in [-0.1, -0.05) is 19.0 Å². The number of rotatable bonds is 5. The lowest BCUT2D eigenvalue weighted by atomic mass is 9.99. The van der Waals surface area contributed by atoms with Crippen LogP contribution in [0.15, 0.2) is 11.2 Å². The summed E-state index contributed by atoms with van der Waals surface area (Å²) in [6, 6.07) is 2.17. The zero-order valence-electron chi connectivity index (χ0n) is 13.4. The molecule has 0 aromatic carbocycles. The standard InChI is InChI=1S/C15H24N4O2/c1-6-12(7-2)19-13(8-10(3)17-19)16-14(20)15(5)9-11(4)18-21-15/h8,12H,6-7,9H2,1-5H3,(H,16,20). The van der Waals surface area contributed by atoms with Gasteiger partial charge in [0.05, 0.1) is 17.4 Å². The van der Waals surface area contributed by atoms with E-state index in [1.165, 1.54) is 0 Å². The van der Waals surface area contributed by atoms with Crippen LogP contribution in [-0.2, 0) is 9.63 Å². The molecule has 0 fully saturated rings. The largest absolute Gasteiger partial charge is 0.379 e. The number of carbonyl (C=O) groups is 1. The molecule has 1 amide bonds. The third-order valence-corrected chi connectivity index (χ3v) is 3.86. The molecule has 0 saturated heterocycles. The first-order valence-electron chi connectivity index (χ1n) is 7.49. The lowest BCUT2D eigenvalue weighted by Crippen LogP contribution is -2.40. The van der Waals surface area contributed by atoms with Gasteiger partial charge in [0.2, 0.25) is 5.60 Å². The molecule has 0 aliphatic carbocycles. The monoisotopic (exact) mass is 292 g/mol. The van der Waals surface area contributed by atoms with E-state index in [1.54, 1.807) is 6.92 Å². The Bertz CT molecular complexity index is 560. The van der Waals surface area contributed by atoms with Gasteiger partial charge in [-0.25, -0.2) is 4.68 Å². The summed E-state index contributed by atoms with van der Waals surface area (Å²) in [4.78, 5) is 17.8. The summed E-state index contributed by atoms with van der Waals surface area (Å²) >= 11 is 0. The van der Waals surface area contributed by atoms with Crippen LogP contribution in [0.4, 0.5) is 5.82 Å². The van der Waals surface area contributed by atoms with Crippen molar-refractivity contribution in [2.24, 2.45) is 5.16 Å². The molecule has 21 heavy (non-hydrogen) atoms. The average Bonchev–Trinajstić information content (AvgIpc) is 2.96. The molecule has 0 bridgehead atoms. The van der Waals surface area contributed by atoms with Gasteiger partial charge in [-0.05, 0) is 33.6 Å². The van der Waals surface area contributed by atoms with Crippen molar-refractivity contribution in [1.29, 1.82) is 0 Å². The van der Waals surface area contributed by atoms with Crippen LogP contribution in [0.3, 0.4) is 0 Å². The number of nitrogens with one attached hydrogen (secondary N) is 1. The second-order valence-electron chi connectivity index (χ2n) is 5.87. The summed E-state index contributed by atoms with van der Waals surface area (Å²) in [7, 11) is 0. The number of oxime groups is 1. The molecule has 0 radical (unpaired) electrons. The Morgan fingerprint density at radius 1 is 1.48 bits per heavy atom. The number of amides is 1. The van der Waals surface area contributed by atoms with Crippen LogP contribution in [-0.4, -0.2) is 27.0 Å². The van der Waals surface area contributed by atoms with Gasteiger partial charge in [-0.15, -0.1) is 0 Å². The molecule has 6 heteroatoms. The van der Waals surface area contributed by atoms with Crippen molar-refractivity contribution in [3.8, 4) is 0 Å². The topological polar surface area (TPSA) is 68.5 Å². The van der Waals surface area contributed by atoms with Crippen molar-refractivity contribution in [3.05, 3.63) is 11.8 Å². The van der Waals surface area contributed by atoms with E-state index in [9.17, 15) is 4.79 Å². The first-order valence-corrected chi connectivity index (χ1v) is 7.49. The van der Waals surface area contributed by atoms with E-state index in [-0.39, 0.29) is 11.9 Å². The Labute approximate surface area is 125 Å². The Balaban J connectivity index is 2.18. The molecular formula is C15H24N4O2. The number of hydrogen-bond acceptors (Lipinski definition) is 4. The molecule has 1 atom stereocenters. The van der Waals surface area contributed by atoms with E-state index >= 15 is 0 Å². The van der Waals surface area contributed by atoms with Crippen LogP contribution >= 0.6 is 0 Å². The minimum Gasteiger partial charge on any atom is -0.379 e. The zero-order chi connectivity index (χ0) is 15.6. The van der Waals surface area contributed by atoms with Crippen LogP contribution < -0.4 is 5.32 Å². The van der Waals surface area contributed by atoms with E-state index in [2.05, 4.69) is 29.4 Å². The van der Waals surface area contributed by atoms with Crippen molar-refractivity contribution in [2.75, 3.05) is 5.32 Å². The number of aromatic nitrogens is 2. The highest BCUT2D eigenvalue weighted by Crippen LogP contribution is 2.27. The highest BCUT2D eigenvalue weighted by atomic mass is 16.7. The summed E-state index contributed by atoms with van der Waals surface area (Å²) in [5.41, 5.74) is 0.792. The van der Waals surface area contributed by atoms with Gasteiger partial charge < -0.3 is 10.2 Å². The van der Waals surface area contributed by atoms with Crippen LogP contribution in [0.1, 0.15) is 58.7 Å². The molecule has 1 aliphatic rings. The number of anilines is 1. The molecule has 1 aromatic rings. The smallest absolute Gasteiger partial charge is 0.272 e. The van der Waals surface area contributed by atoms with E-state index in [0.717, 1.165) is 30.1 Å². The SMILES string of the molecule is CCC(CC)n1nc(C)cc1NC(=O)C1(C)CC(C)=NO1. The van der Waals surface area contributed by atoms with Crippen LogP contribution in [0.5, 0.6) is 0 Å². The van der Waals surface area contributed by atoms with Gasteiger partial charge in [0.25, 0.3) is 5.91 Å². The molecule has 2 rings (SSSR count). The molecular weight excluding hydrogens is 268 g/mol. The number of aryl methyl sites for hydroxylation is 1. The molecule has 1 aromatic heterocycles. The number of nitrogens with zero attached hydrogens (tertiary/aromatic N) is 3. The number of hydrogen-bond donors (Lipinski definition) is 1. The predicted octanol–water partition coefficient (Wildman–Crippen LogP) is 3.05. The Hall–Kier alpha value is -1.85. The van der Waals surface area contributed by atoms with Crippen molar-refractivity contribution >= 4 is 17.4 Å². The fraction of sp³-hybridized carbons (Fsp3) is 0.667. The first kappa shape index (κ1) is 15.5. The lowest BCUT2D eigenvalue weighted by Gasteiger charge is -2.22. The van der Waals surface area contributed by atoms with Gasteiger partial charge in [-0.3, -0.25) is 4.79 Å². The van der Waals surface area contributed by atoms with Gasteiger partial charge in [0, 0.05) is 12.5 Å². The van der Waals surface area contributed by atoms with Crippen LogP contribution in [0.25, 0.3) is 0 Å². The van der Waals surface area contributed by atoms with Crippen LogP contribution in [0, 0.1) is 6.92 Å². The second kappa shape index (κ2) is 5.87. The number of carbonyl (C=O) groups excluding carboxylic acids is 1. The molecule has 0 spiro atoms. The lowest BCUT2D eigenvalue weighted by molar-refractivity contribution is -0.136. The first-order chi connectivity index (χ1) is 9.89. The van der Waals surface area contributed by atoms with E-state index in [1.807, 2.05) is 24.6 Å². The highest BCUT2D eigenvalue weighted by Gasteiger charge is 2.41. The third-order valence-electron chi connectivity index (χ3n) is 3.86. The maximum atomic E-state index is 12.5. The van der Waals surface area contributed by atoms with Crippen molar-refractivity contribution in [1.82, 2.24) is 9.78 Å². The molecule has 1 aliphatic heterocycles. The summed E-state index contributed by atoms with van der Waals surface area (Å²) in [6.07, 6.45) is 2.45. The molecule has 0 saturated carbocycles. The maximum Gasteiger partial charge on any atom is 0.272 e. The molecule has 116 valence electrons. The Morgan fingerprint density at radius 3 is 2.67 bits per heavy atom. The summed E-state index contributed by atoms with van der Waals surface area (Å²) in [6.45, 7) is 9.78. The highest BCUT2D eigenvalue weighted by molar-refractivity contribution is 6.01. The van der Waals surface area contributed by atoms with E-state index < -0.39 is 5.60 Å². The second-order valence-corrected chi connectivity index (χ2v) is 5.87. The van der Waals surface area contributed by atoms with E-state index in [0.29, 0.717) is 6.42 Å². The van der Waals surface area contributed by atoms with Gasteiger partial charge in [0.1, 0.15) is 5.82 Å². The van der Waals surface area contributed by atoms with Gasteiger partial charge in [0.15, 0.2) is 0 Å². The summed E-state index contributed by atoms with van der Waals surface area (Å²) in [5.74, 6) is 0.538. The maximum absolute atomic E-state index is 12.5. The Kier molecular flexibility index (Phi) is 4.34. The van der Waals surface area contributed by atoms with Crippen molar-refractivity contribution in [3.63, 3.8) is 0 Å². The average molecular weight is 292 g/mol. The fourth-order valence-corrected chi connectivity index (χ4v) is 2.62. The van der Waals surface area contributed by atoms with Crippen LogP contribution in [0.2, 0.25) is 0 Å². The minimum atomic E-state index is -0.930. The molecule has 6 nitrogen and oxygen atoms in total. The molecule has 2 heterocycles. The summed E-state index contributed by atoms with van der Waals surface area (Å²) in [5, 5.41) is 11.3. The summed E-state index contributed by atoms with van der Waals surface area (Å²) < 4.78 is 1.90. The normalized spacial score (nSPS) is 21.3. The Morgan fingerprint density at radius 2 is 2.14 bits per heavy atom. The quantitative estimate of drug-likeness (QED) is 0.907. The molecule has 1 unspecified atom stereocenters. The predicted molar refractivity (Wildman–Crippen MR) is 82.4 cm³/mol. The molecule has 1 N–H and O–H groups in total. The minimum absolute atomic E-state index is 0.185. The van der Waals surface area contributed by atoms with Crippen molar-refractivity contribution < 1.29 is 9.63 Å². The van der Waals surface area contributed by atoms with Gasteiger partial charge >= 0.3 is 0 Å². The van der Waals surface area contributed by atoms with E-state index in [4.69, 9.17) is 4.84 Å². The zero-order valence-corrected chi connectivity index (χ0v) is 13.4. The van der Waals surface area contributed by atoms with Gasteiger partial charge in [-0.2, -0.15) is 5.10 Å². The fourth-order valence-electron chi connectivity index (χ4n) is 2.62. The third kappa shape index (κ3) is 3.09.